The smallest absolute Gasteiger partial charge is 0.321 e. The Bertz CT molecular complexity index is 461. The van der Waals surface area contributed by atoms with E-state index in [-0.39, 0.29) is 11.7 Å². The zero-order valence-electron chi connectivity index (χ0n) is 10.7. The van der Waals surface area contributed by atoms with Gasteiger partial charge in [0.1, 0.15) is 11.9 Å². The number of aryl methyl sites for hydroxylation is 1. The highest BCUT2D eigenvalue weighted by Gasteiger charge is 2.36. The molecule has 0 radical (unpaired) electrons. The van der Waals surface area contributed by atoms with E-state index in [1.807, 2.05) is 18.7 Å². The molecule has 1 saturated heterocycles. The zero-order chi connectivity index (χ0) is 13.3. The van der Waals surface area contributed by atoms with Crippen molar-refractivity contribution >= 4 is 5.97 Å². The summed E-state index contributed by atoms with van der Waals surface area (Å²) in [5.74, 6) is -0.844. The maximum atomic E-state index is 13.0. The number of rotatable bonds is 3. The molecule has 1 heterocycles. The van der Waals surface area contributed by atoms with Crippen LogP contribution in [-0.2, 0) is 11.3 Å². The summed E-state index contributed by atoms with van der Waals surface area (Å²) >= 11 is 0. The Morgan fingerprint density at radius 1 is 1.56 bits per heavy atom. The summed E-state index contributed by atoms with van der Waals surface area (Å²) in [5.41, 5.74) is 1.87. The van der Waals surface area contributed by atoms with Crippen LogP contribution in [0.4, 0.5) is 4.39 Å². The van der Waals surface area contributed by atoms with E-state index in [4.69, 9.17) is 0 Å². The van der Waals surface area contributed by atoms with Gasteiger partial charge in [-0.25, -0.2) is 4.39 Å². The lowest BCUT2D eigenvalue weighted by molar-refractivity contribution is -0.143. The lowest BCUT2D eigenvalue weighted by atomic mass is 10.0. The van der Waals surface area contributed by atoms with Crippen LogP contribution in [0.5, 0.6) is 0 Å². The van der Waals surface area contributed by atoms with Gasteiger partial charge in [-0.05, 0) is 49.1 Å². The predicted octanol–water partition coefficient (Wildman–Crippen LogP) is 2.43. The van der Waals surface area contributed by atoms with E-state index in [1.165, 1.54) is 12.1 Å². The number of carboxylic acids is 1. The molecule has 1 N–H and O–H groups in total. The van der Waals surface area contributed by atoms with E-state index in [1.54, 1.807) is 6.07 Å². The predicted molar refractivity (Wildman–Crippen MR) is 66.8 cm³/mol. The molecule has 1 aliphatic heterocycles. The van der Waals surface area contributed by atoms with Crippen LogP contribution in [-0.4, -0.2) is 28.6 Å². The van der Waals surface area contributed by atoms with Crippen LogP contribution in [0.25, 0.3) is 0 Å². The van der Waals surface area contributed by atoms with Crippen LogP contribution < -0.4 is 0 Å². The number of carbonyl (C=O) groups is 1. The molecule has 0 amide bonds. The number of halogens is 1. The summed E-state index contributed by atoms with van der Waals surface area (Å²) in [5, 5.41) is 9.24. The molecule has 18 heavy (non-hydrogen) atoms. The zero-order valence-corrected chi connectivity index (χ0v) is 10.7. The van der Waals surface area contributed by atoms with Gasteiger partial charge in [0.15, 0.2) is 0 Å². The molecule has 1 aromatic carbocycles. The average Bonchev–Trinajstić information content (AvgIpc) is 2.64. The first kappa shape index (κ1) is 13.0. The Balaban J connectivity index is 2.16. The monoisotopic (exact) mass is 251 g/mol. The van der Waals surface area contributed by atoms with Crippen molar-refractivity contribution in [3.63, 3.8) is 0 Å². The average molecular weight is 251 g/mol. The molecule has 0 aromatic heterocycles. The van der Waals surface area contributed by atoms with Crippen molar-refractivity contribution in [2.45, 2.75) is 32.9 Å². The van der Waals surface area contributed by atoms with Gasteiger partial charge in [-0.3, -0.25) is 9.69 Å². The van der Waals surface area contributed by atoms with Crippen LogP contribution >= 0.6 is 0 Å². The summed E-state index contributed by atoms with van der Waals surface area (Å²) < 4.78 is 13.0. The van der Waals surface area contributed by atoms with E-state index in [0.29, 0.717) is 6.54 Å². The fourth-order valence-corrected chi connectivity index (χ4v) is 2.66. The molecule has 0 aliphatic carbocycles. The molecule has 2 atom stereocenters. The van der Waals surface area contributed by atoms with Gasteiger partial charge in [0, 0.05) is 6.54 Å². The van der Waals surface area contributed by atoms with Crippen molar-refractivity contribution in [1.29, 1.82) is 0 Å². The molecule has 1 fully saturated rings. The van der Waals surface area contributed by atoms with Crippen molar-refractivity contribution in [3.8, 4) is 0 Å². The van der Waals surface area contributed by atoms with Gasteiger partial charge >= 0.3 is 5.97 Å². The molecule has 1 aliphatic rings. The minimum atomic E-state index is -0.764. The van der Waals surface area contributed by atoms with E-state index in [0.717, 1.165) is 24.1 Å². The molecule has 0 spiro atoms. The number of likely N-dealkylation sites (tertiary alicyclic amines) is 1. The molecule has 2 rings (SSSR count). The number of benzene rings is 1. The van der Waals surface area contributed by atoms with Crippen molar-refractivity contribution in [2.24, 2.45) is 5.92 Å². The van der Waals surface area contributed by atoms with Crippen molar-refractivity contribution < 1.29 is 14.3 Å². The van der Waals surface area contributed by atoms with Gasteiger partial charge in [-0.1, -0.05) is 13.0 Å². The third-order valence-corrected chi connectivity index (χ3v) is 3.74. The third-order valence-electron chi connectivity index (χ3n) is 3.74. The van der Waals surface area contributed by atoms with Crippen LogP contribution in [0.15, 0.2) is 18.2 Å². The van der Waals surface area contributed by atoms with Crippen LogP contribution in [0, 0.1) is 18.7 Å². The van der Waals surface area contributed by atoms with E-state index in [9.17, 15) is 14.3 Å². The maximum Gasteiger partial charge on any atom is 0.321 e. The van der Waals surface area contributed by atoms with Crippen LogP contribution in [0.3, 0.4) is 0 Å². The van der Waals surface area contributed by atoms with Gasteiger partial charge in [-0.15, -0.1) is 0 Å². The highest BCUT2D eigenvalue weighted by molar-refractivity contribution is 5.74. The Kier molecular flexibility index (Phi) is 3.66. The quantitative estimate of drug-likeness (QED) is 0.897. The fourth-order valence-electron chi connectivity index (χ4n) is 2.66. The van der Waals surface area contributed by atoms with E-state index in [2.05, 4.69) is 0 Å². The number of hydrogen-bond acceptors (Lipinski definition) is 2. The summed E-state index contributed by atoms with van der Waals surface area (Å²) in [6.45, 7) is 5.19. The van der Waals surface area contributed by atoms with Crippen molar-refractivity contribution in [3.05, 3.63) is 35.1 Å². The molecule has 0 saturated carbocycles. The van der Waals surface area contributed by atoms with Gasteiger partial charge in [0.05, 0.1) is 0 Å². The minimum Gasteiger partial charge on any atom is -0.480 e. The van der Waals surface area contributed by atoms with Gasteiger partial charge in [0.2, 0.25) is 0 Å². The van der Waals surface area contributed by atoms with Crippen molar-refractivity contribution in [1.82, 2.24) is 4.90 Å². The summed E-state index contributed by atoms with van der Waals surface area (Å²) in [6, 6.07) is 4.24. The second-order valence-corrected chi connectivity index (χ2v) is 5.09. The van der Waals surface area contributed by atoms with Crippen molar-refractivity contribution in [2.75, 3.05) is 6.54 Å². The SMILES string of the molecule is Cc1cc(F)ccc1CN1CCC(C)C1C(=O)O. The Labute approximate surface area is 106 Å². The Hall–Kier alpha value is -1.42. The standard InChI is InChI=1S/C14H18FNO2/c1-9-5-6-16(13(9)14(17)18)8-11-3-4-12(15)7-10(11)2/h3-4,7,9,13H,5-6,8H2,1-2H3,(H,17,18). The normalized spacial score (nSPS) is 24.4. The first-order chi connectivity index (χ1) is 8.49. The number of carboxylic acid groups (broad SMARTS) is 1. The lowest BCUT2D eigenvalue weighted by Crippen LogP contribution is -2.38. The molecule has 98 valence electrons. The topological polar surface area (TPSA) is 40.5 Å². The highest BCUT2D eigenvalue weighted by atomic mass is 19.1. The molecule has 3 nitrogen and oxygen atoms in total. The van der Waals surface area contributed by atoms with Crippen LogP contribution in [0.1, 0.15) is 24.5 Å². The van der Waals surface area contributed by atoms with Gasteiger partial charge in [0.25, 0.3) is 0 Å². The number of hydrogen-bond donors (Lipinski definition) is 1. The Morgan fingerprint density at radius 3 is 2.89 bits per heavy atom. The number of aliphatic carboxylic acids is 1. The summed E-state index contributed by atoms with van der Waals surface area (Å²) in [6.07, 6.45) is 0.900. The molecule has 1 aromatic rings. The lowest BCUT2D eigenvalue weighted by Gasteiger charge is -2.23. The summed E-state index contributed by atoms with van der Waals surface area (Å²) in [7, 11) is 0. The largest absolute Gasteiger partial charge is 0.480 e. The second kappa shape index (κ2) is 5.06. The van der Waals surface area contributed by atoms with E-state index < -0.39 is 12.0 Å². The highest BCUT2D eigenvalue weighted by Crippen LogP contribution is 2.26. The third kappa shape index (κ3) is 2.53. The number of nitrogens with zero attached hydrogens (tertiary/aromatic N) is 1. The second-order valence-electron chi connectivity index (χ2n) is 5.09. The first-order valence-corrected chi connectivity index (χ1v) is 6.21. The molecule has 2 unspecified atom stereocenters. The maximum absolute atomic E-state index is 13.0. The first-order valence-electron chi connectivity index (χ1n) is 6.21. The van der Waals surface area contributed by atoms with Gasteiger partial charge in [-0.2, -0.15) is 0 Å². The fraction of sp³-hybridized carbons (Fsp3) is 0.500. The molecule has 4 heteroatoms. The molecular formula is C14H18FNO2. The van der Waals surface area contributed by atoms with Gasteiger partial charge < -0.3 is 5.11 Å². The van der Waals surface area contributed by atoms with E-state index >= 15 is 0 Å². The summed E-state index contributed by atoms with van der Waals surface area (Å²) in [4.78, 5) is 13.2. The molecule has 0 bridgehead atoms. The Morgan fingerprint density at radius 2 is 2.28 bits per heavy atom. The minimum absolute atomic E-state index is 0.170. The van der Waals surface area contributed by atoms with Crippen LogP contribution in [0.2, 0.25) is 0 Å². The molecular weight excluding hydrogens is 233 g/mol.